The Labute approximate surface area is 160 Å². The van der Waals surface area contributed by atoms with Gasteiger partial charge in [0.15, 0.2) is 5.76 Å². The van der Waals surface area contributed by atoms with Crippen LogP contribution in [0.1, 0.15) is 16.1 Å². The molecule has 3 rings (SSSR count). The summed E-state index contributed by atoms with van der Waals surface area (Å²) in [6.45, 7) is 2.73. The lowest BCUT2D eigenvalue weighted by molar-refractivity contribution is 0.0744. The van der Waals surface area contributed by atoms with Crippen LogP contribution in [0.5, 0.6) is 11.5 Å². The van der Waals surface area contributed by atoms with Gasteiger partial charge in [-0.1, -0.05) is 15.9 Å². The Morgan fingerprint density at radius 1 is 1.15 bits per heavy atom. The molecule has 1 heterocycles. The molecule has 6 heteroatoms. The number of fused-ring (bicyclic) bond motifs is 1. The minimum absolute atomic E-state index is 0.159. The molecule has 0 bridgehead atoms. The van der Waals surface area contributed by atoms with Gasteiger partial charge in [-0.25, -0.2) is 0 Å². The Kier molecular flexibility index (Phi) is 5.52. The maximum Gasteiger partial charge on any atom is 0.289 e. The summed E-state index contributed by atoms with van der Waals surface area (Å²) in [5, 5.41) is 0.936. The lowest BCUT2D eigenvalue weighted by atomic mass is 10.1. The van der Waals surface area contributed by atoms with Gasteiger partial charge in [-0.2, -0.15) is 0 Å². The van der Waals surface area contributed by atoms with Gasteiger partial charge in [-0.05, 0) is 49.4 Å². The Morgan fingerprint density at radius 3 is 2.54 bits per heavy atom. The molecule has 0 radical (unpaired) electrons. The molecular weight excluding hydrogens is 398 g/mol. The van der Waals surface area contributed by atoms with Crippen LogP contribution in [0, 0.1) is 6.92 Å². The summed E-state index contributed by atoms with van der Waals surface area (Å²) in [6, 6.07) is 13.0. The summed E-state index contributed by atoms with van der Waals surface area (Å²) in [7, 11) is 3.36. The van der Waals surface area contributed by atoms with Crippen LogP contribution in [-0.4, -0.2) is 38.1 Å². The van der Waals surface area contributed by atoms with Crippen molar-refractivity contribution in [1.82, 2.24) is 4.90 Å². The van der Waals surface area contributed by atoms with E-state index in [1.54, 1.807) is 19.1 Å². The van der Waals surface area contributed by atoms with E-state index in [1.165, 1.54) is 0 Å². The van der Waals surface area contributed by atoms with Crippen molar-refractivity contribution in [3.63, 3.8) is 0 Å². The molecule has 136 valence electrons. The molecule has 0 aliphatic carbocycles. The molecule has 0 unspecified atom stereocenters. The number of hydrogen-bond donors (Lipinski definition) is 0. The van der Waals surface area contributed by atoms with Crippen molar-refractivity contribution in [3.05, 3.63) is 58.3 Å². The van der Waals surface area contributed by atoms with E-state index in [9.17, 15) is 4.79 Å². The zero-order valence-electron chi connectivity index (χ0n) is 14.9. The van der Waals surface area contributed by atoms with Crippen LogP contribution < -0.4 is 9.47 Å². The summed E-state index contributed by atoms with van der Waals surface area (Å²) >= 11 is 3.45. The van der Waals surface area contributed by atoms with E-state index in [4.69, 9.17) is 13.9 Å². The molecule has 0 aliphatic rings. The molecule has 0 saturated heterocycles. The molecular formula is C20H20BrNO4. The summed E-state index contributed by atoms with van der Waals surface area (Å²) in [4.78, 5) is 14.3. The fourth-order valence-corrected chi connectivity index (χ4v) is 3.01. The smallest absolute Gasteiger partial charge is 0.289 e. The molecule has 1 amide bonds. The van der Waals surface area contributed by atoms with Gasteiger partial charge >= 0.3 is 0 Å². The van der Waals surface area contributed by atoms with Crippen molar-refractivity contribution in [2.45, 2.75) is 6.92 Å². The van der Waals surface area contributed by atoms with Gasteiger partial charge in [0.25, 0.3) is 5.91 Å². The second-order valence-corrected chi connectivity index (χ2v) is 6.86. The Bertz CT molecular complexity index is 917. The van der Waals surface area contributed by atoms with Gasteiger partial charge in [-0.15, -0.1) is 0 Å². The average Bonchev–Trinajstić information content (AvgIpc) is 2.97. The molecule has 0 N–H and O–H groups in total. The van der Waals surface area contributed by atoms with E-state index in [0.29, 0.717) is 24.5 Å². The highest BCUT2D eigenvalue weighted by molar-refractivity contribution is 9.10. The van der Waals surface area contributed by atoms with E-state index in [1.807, 2.05) is 49.4 Å². The van der Waals surface area contributed by atoms with E-state index >= 15 is 0 Å². The molecule has 2 aromatic carbocycles. The highest BCUT2D eigenvalue weighted by Crippen LogP contribution is 2.28. The number of rotatable bonds is 6. The number of carbonyl (C=O) groups excluding carboxylic acids is 1. The van der Waals surface area contributed by atoms with Crippen LogP contribution in [-0.2, 0) is 0 Å². The zero-order chi connectivity index (χ0) is 18.7. The van der Waals surface area contributed by atoms with Gasteiger partial charge in [0.05, 0.1) is 13.7 Å². The van der Waals surface area contributed by atoms with Gasteiger partial charge in [-0.3, -0.25) is 4.79 Å². The maximum atomic E-state index is 12.7. The lowest BCUT2D eigenvalue weighted by Crippen LogP contribution is -2.31. The van der Waals surface area contributed by atoms with Crippen LogP contribution in [0.15, 0.2) is 51.4 Å². The first kappa shape index (κ1) is 18.3. The van der Waals surface area contributed by atoms with Crippen LogP contribution in [0.3, 0.4) is 0 Å². The first-order valence-electron chi connectivity index (χ1n) is 8.20. The maximum absolute atomic E-state index is 12.7. The molecule has 0 fully saturated rings. The largest absolute Gasteiger partial charge is 0.497 e. The first-order valence-corrected chi connectivity index (χ1v) is 9.00. The van der Waals surface area contributed by atoms with Crippen molar-refractivity contribution in [2.75, 3.05) is 27.3 Å². The number of ether oxygens (including phenoxy) is 2. The second kappa shape index (κ2) is 7.83. The van der Waals surface area contributed by atoms with Crippen molar-refractivity contribution in [2.24, 2.45) is 0 Å². The standard InChI is InChI=1S/C20H20BrNO4/c1-13-17-12-14(21)4-9-18(17)26-19(13)20(23)22(2)10-11-25-16-7-5-15(24-3)6-8-16/h4-9,12H,10-11H2,1-3H3. The van der Waals surface area contributed by atoms with Crippen molar-refractivity contribution in [3.8, 4) is 11.5 Å². The summed E-state index contributed by atoms with van der Waals surface area (Å²) in [6.07, 6.45) is 0. The molecule has 26 heavy (non-hydrogen) atoms. The molecule has 1 aromatic heterocycles. The molecule has 0 spiro atoms. The van der Waals surface area contributed by atoms with Crippen molar-refractivity contribution in [1.29, 1.82) is 0 Å². The number of amides is 1. The zero-order valence-corrected chi connectivity index (χ0v) is 16.5. The number of hydrogen-bond acceptors (Lipinski definition) is 4. The van der Waals surface area contributed by atoms with E-state index < -0.39 is 0 Å². The summed E-state index contributed by atoms with van der Waals surface area (Å²) < 4.78 is 17.5. The van der Waals surface area contributed by atoms with Crippen LogP contribution in [0.2, 0.25) is 0 Å². The number of carbonyl (C=O) groups is 1. The third-order valence-electron chi connectivity index (χ3n) is 4.19. The van der Waals surface area contributed by atoms with Crippen LogP contribution >= 0.6 is 15.9 Å². The normalized spacial score (nSPS) is 10.8. The SMILES string of the molecule is COc1ccc(OCCN(C)C(=O)c2oc3ccc(Br)cc3c2C)cc1. The van der Waals surface area contributed by atoms with Gasteiger partial charge < -0.3 is 18.8 Å². The third kappa shape index (κ3) is 3.85. The number of likely N-dealkylation sites (N-methyl/N-ethyl adjacent to an activating group) is 1. The Balaban J connectivity index is 1.63. The van der Waals surface area contributed by atoms with Crippen molar-refractivity contribution >= 4 is 32.8 Å². The average molecular weight is 418 g/mol. The summed E-state index contributed by atoms with van der Waals surface area (Å²) in [5.41, 5.74) is 1.55. The summed E-state index contributed by atoms with van der Waals surface area (Å²) in [5.74, 6) is 1.71. The molecule has 5 nitrogen and oxygen atoms in total. The van der Waals surface area contributed by atoms with E-state index in [0.717, 1.165) is 26.9 Å². The predicted octanol–water partition coefficient (Wildman–Crippen LogP) is 4.66. The lowest BCUT2D eigenvalue weighted by Gasteiger charge is -2.16. The minimum atomic E-state index is -0.159. The minimum Gasteiger partial charge on any atom is -0.497 e. The van der Waals surface area contributed by atoms with Crippen molar-refractivity contribution < 1.29 is 18.7 Å². The number of furan rings is 1. The quantitative estimate of drug-likeness (QED) is 0.584. The predicted molar refractivity (Wildman–Crippen MR) is 104 cm³/mol. The highest BCUT2D eigenvalue weighted by Gasteiger charge is 2.21. The topological polar surface area (TPSA) is 51.9 Å². The molecule has 0 aliphatic heterocycles. The fraction of sp³-hybridized carbons (Fsp3) is 0.250. The number of halogens is 1. The molecule has 0 atom stereocenters. The first-order chi connectivity index (χ1) is 12.5. The third-order valence-corrected chi connectivity index (χ3v) is 4.69. The number of methoxy groups -OCH3 is 1. The van der Waals surface area contributed by atoms with Gasteiger partial charge in [0.2, 0.25) is 0 Å². The van der Waals surface area contributed by atoms with E-state index in [-0.39, 0.29) is 5.91 Å². The number of nitrogens with zero attached hydrogens (tertiary/aromatic N) is 1. The number of benzene rings is 2. The van der Waals surface area contributed by atoms with Crippen LogP contribution in [0.4, 0.5) is 0 Å². The second-order valence-electron chi connectivity index (χ2n) is 5.95. The van der Waals surface area contributed by atoms with Crippen LogP contribution in [0.25, 0.3) is 11.0 Å². The fourth-order valence-electron chi connectivity index (χ4n) is 2.64. The molecule has 0 saturated carbocycles. The molecule has 3 aromatic rings. The van der Waals surface area contributed by atoms with Gasteiger partial charge in [0.1, 0.15) is 23.7 Å². The monoisotopic (exact) mass is 417 g/mol. The van der Waals surface area contributed by atoms with Gasteiger partial charge in [0, 0.05) is 22.5 Å². The Morgan fingerprint density at radius 2 is 1.85 bits per heavy atom. The Hall–Kier alpha value is -2.47. The van der Waals surface area contributed by atoms with E-state index in [2.05, 4.69) is 15.9 Å². The number of aryl methyl sites for hydroxylation is 1. The highest BCUT2D eigenvalue weighted by atomic mass is 79.9.